The third kappa shape index (κ3) is 2.82. The second-order valence-electron chi connectivity index (χ2n) is 3.59. The van der Waals surface area contributed by atoms with Gasteiger partial charge in [-0.25, -0.2) is 0 Å². The van der Waals surface area contributed by atoms with Crippen molar-refractivity contribution in [2.45, 2.75) is 12.2 Å². The summed E-state index contributed by atoms with van der Waals surface area (Å²) >= 11 is 0. The number of aryl methyl sites for hydroxylation is 1. The summed E-state index contributed by atoms with van der Waals surface area (Å²) in [5.74, 6) is -0.296. The molecule has 0 radical (unpaired) electrons. The number of carbonyl (C=O) groups excluding carboxylic acids is 1. The molecule has 0 aliphatic rings. The van der Waals surface area contributed by atoms with E-state index in [1.54, 1.807) is 13.3 Å². The highest BCUT2D eigenvalue weighted by Crippen LogP contribution is 2.08. The monoisotopic (exact) mass is 244 g/mol. The van der Waals surface area contributed by atoms with E-state index in [0.29, 0.717) is 17.9 Å². The molecule has 1 aromatic rings. The number of amides is 1. The Kier molecular flexibility index (Phi) is 4.05. The number of nitrogens with zero attached hydrogens (tertiary/aromatic N) is 2. The van der Waals surface area contributed by atoms with Gasteiger partial charge >= 0.3 is 0 Å². The van der Waals surface area contributed by atoms with E-state index >= 15 is 0 Å². The molecule has 3 N–H and O–H groups in total. The fourth-order valence-corrected chi connectivity index (χ4v) is 1.49. The van der Waals surface area contributed by atoms with Crippen LogP contribution in [-0.2, 0) is 17.8 Å². The fraction of sp³-hybridized carbons (Fsp3) is 0.556. The summed E-state index contributed by atoms with van der Waals surface area (Å²) in [6.07, 6.45) is 3.03. The van der Waals surface area contributed by atoms with Gasteiger partial charge in [-0.2, -0.15) is 5.10 Å². The Morgan fingerprint density at radius 3 is 2.81 bits per heavy atom. The van der Waals surface area contributed by atoms with Crippen molar-refractivity contribution in [1.29, 1.82) is 0 Å². The van der Waals surface area contributed by atoms with Crippen LogP contribution in [0.1, 0.15) is 17.4 Å². The predicted octanol–water partition coefficient (Wildman–Crippen LogP) is -0.501. The molecular formula is C9H16N4O2S. The highest BCUT2D eigenvalue weighted by atomic mass is 32.2. The number of carbonyl (C=O) groups is 1. The Bertz CT molecular complexity index is 396. The van der Waals surface area contributed by atoms with Crippen molar-refractivity contribution in [3.63, 3.8) is 0 Å². The second-order valence-corrected chi connectivity index (χ2v) is 5.39. The Morgan fingerprint density at radius 1 is 1.75 bits per heavy atom. The van der Waals surface area contributed by atoms with E-state index in [2.05, 4.69) is 10.4 Å². The molecule has 2 unspecified atom stereocenters. The van der Waals surface area contributed by atoms with E-state index in [9.17, 15) is 9.00 Å². The summed E-state index contributed by atoms with van der Waals surface area (Å²) < 4.78 is 12.5. The van der Waals surface area contributed by atoms with Gasteiger partial charge in [0.05, 0.1) is 11.9 Å². The van der Waals surface area contributed by atoms with Gasteiger partial charge in [-0.15, -0.1) is 0 Å². The molecule has 1 heterocycles. The molecule has 0 aliphatic carbocycles. The molecule has 90 valence electrons. The minimum atomic E-state index is -0.953. The maximum absolute atomic E-state index is 11.7. The van der Waals surface area contributed by atoms with Crippen molar-refractivity contribution in [3.8, 4) is 0 Å². The summed E-state index contributed by atoms with van der Waals surface area (Å²) in [5.41, 5.74) is 6.27. The highest BCUT2D eigenvalue weighted by molar-refractivity contribution is 7.84. The van der Waals surface area contributed by atoms with Crippen LogP contribution in [0.2, 0.25) is 0 Å². The van der Waals surface area contributed by atoms with Crippen LogP contribution in [0.15, 0.2) is 6.20 Å². The molecule has 0 bridgehead atoms. The molecule has 7 heteroatoms. The molecule has 16 heavy (non-hydrogen) atoms. The Hall–Kier alpha value is -1.37. The van der Waals surface area contributed by atoms with E-state index in [-0.39, 0.29) is 11.2 Å². The van der Waals surface area contributed by atoms with Crippen molar-refractivity contribution in [2.24, 2.45) is 7.05 Å². The molecule has 1 amide bonds. The lowest BCUT2D eigenvalue weighted by molar-refractivity contribution is 0.0945. The molecule has 1 rings (SSSR count). The van der Waals surface area contributed by atoms with Gasteiger partial charge in [0.25, 0.3) is 5.91 Å². The van der Waals surface area contributed by atoms with E-state index in [1.165, 1.54) is 10.9 Å². The van der Waals surface area contributed by atoms with Crippen LogP contribution in [0.4, 0.5) is 5.69 Å². The number of hydrogen-bond acceptors (Lipinski definition) is 4. The van der Waals surface area contributed by atoms with Crippen LogP contribution in [0, 0.1) is 0 Å². The molecular weight excluding hydrogens is 228 g/mol. The van der Waals surface area contributed by atoms with Gasteiger partial charge in [0.15, 0.2) is 0 Å². The number of nitrogens with one attached hydrogen (secondary N) is 1. The maximum atomic E-state index is 11.7. The lowest BCUT2D eigenvalue weighted by Gasteiger charge is -2.10. The number of hydrogen-bond donors (Lipinski definition) is 2. The first kappa shape index (κ1) is 12.7. The van der Waals surface area contributed by atoms with Crippen molar-refractivity contribution in [2.75, 3.05) is 18.5 Å². The smallest absolute Gasteiger partial charge is 0.271 e. The van der Waals surface area contributed by atoms with Crippen molar-refractivity contribution < 1.29 is 9.00 Å². The lowest BCUT2D eigenvalue weighted by atomic mass is 10.3. The minimum Gasteiger partial charge on any atom is -0.396 e. The first-order chi connectivity index (χ1) is 7.43. The summed E-state index contributed by atoms with van der Waals surface area (Å²) in [6, 6.07) is 0. The third-order valence-electron chi connectivity index (χ3n) is 2.30. The van der Waals surface area contributed by atoms with Crippen molar-refractivity contribution in [1.82, 2.24) is 15.1 Å². The van der Waals surface area contributed by atoms with E-state index in [0.717, 1.165) is 0 Å². The molecule has 1 aromatic heterocycles. The van der Waals surface area contributed by atoms with Crippen molar-refractivity contribution in [3.05, 3.63) is 11.9 Å². The van der Waals surface area contributed by atoms with Gasteiger partial charge in [-0.3, -0.25) is 13.7 Å². The van der Waals surface area contributed by atoms with Crippen LogP contribution in [0.5, 0.6) is 0 Å². The fourth-order valence-electron chi connectivity index (χ4n) is 1.17. The topological polar surface area (TPSA) is 90.0 Å². The number of rotatable bonds is 4. The van der Waals surface area contributed by atoms with Crippen LogP contribution in [-0.4, -0.2) is 37.9 Å². The molecule has 0 spiro atoms. The molecule has 0 aromatic carbocycles. The van der Waals surface area contributed by atoms with Gasteiger partial charge in [0, 0.05) is 35.9 Å². The van der Waals surface area contributed by atoms with E-state index in [4.69, 9.17) is 5.73 Å². The average molecular weight is 244 g/mol. The zero-order valence-corrected chi connectivity index (χ0v) is 10.4. The van der Waals surface area contributed by atoms with Gasteiger partial charge < -0.3 is 11.1 Å². The molecule has 0 saturated heterocycles. The second kappa shape index (κ2) is 5.11. The summed E-state index contributed by atoms with van der Waals surface area (Å²) in [4.78, 5) is 11.7. The quantitative estimate of drug-likeness (QED) is 0.747. The molecule has 6 nitrogen and oxygen atoms in total. The van der Waals surface area contributed by atoms with Gasteiger partial charge in [-0.05, 0) is 6.92 Å². The zero-order valence-electron chi connectivity index (χ0n) is 9.56. The van der Waals surface area contributed by atoms with E-state index in [1.807, 2.05) is 6.92 Å². The Labute approximate surface area is 96.7 Å². The van der Waals surface area contributed by atoms with Gasteiger partial charge in [0.2, 0.25) is 0 Å². The minimum absolute atomic E-state index is 0.0848. The number of aromatic nitrogens is 2. The number of anilines is 1. The maximum Gasteiger partial charge on any atom is 0.271 e. The van der Waals surface area contributed by atoms with Crippen LogP contribution in [0.25, 0.3) is 0 Å². The highest BCUT2D eigenvalue weighted by Gasteiger charge is 2.16. The SMILES string of the molecule is CC(CNC(=O)c1c(N)cnn1C)S(C)=O. The lowest BCUT2D eigenvalue weighted by Crippen LogP contribution is -2.34. The summed E-state index contributed by atoms with van der Waals surface area (Å²) in [5, 5.41) is 6.46. The van der Waals surface area contributed by atoms with Crippen LogP contribution < -0.4 is 11.1 Å². The van der Waals surface area contributed by atoms with Gasteiger partial charge in [-0.1, -0.05) is 0 Å². The molecule has 0 aliphatic heterocycles. The average Bonchev–Trinajstić information content (AvgIpc) is 2.54. The summed E-state index contributed by atoms with van der Waals surface area (Å²) in [6.45, 7) is 2.16. The standard InChI is InChI=1S/C9H16N4O2S/c1-6(16(3)15)4-11-9(14)8-7(10)5-12-13(8)2/h5-6H,4,10H2,1-3H3,(H,11,14). The number of nitrogens with two attached hydrogens (primary N) is 1. The molecule has 2 atom stereocenters. The first-order valence-corrected chi connectivity index (χ1v) is 6.43. The van der Waals surface area contributed by atoms with Crippen LogP contribution in [0.3, 0.4) is 0 Å². The number of nitrogen functional groups attached to an aromatic ring is 1. The Balaban J connectivity index is 2.63. The van der Waals surface area contributed by atoms with Gasteiger partial charge in [0.1, 0.15) is 5.69 Å². The largest absolute Gasteiger partial charge is 0.396 e. The predicted molar refractivity (Wildman–Crippen MR) is 63.5 cm³/mol. The normalized spacial score (nSPS) is 14.4. The van der Waals surface area contributed by atoms with Crippen molar-refractivity contribution >= 4 is 22.4 Å². The molecule has 0 fully saturated rings. The van der Waals surface area contributed by atoms with E-state index < -0.39 is 10.8 Å². The summed E-state index contributed by atoms with van der Waals surface area (Å²) in [7, 11) is 0.693. The third-order valence-corrected chi connectivity index (χ3v) is 3.60. The zero-order chi connectivity index (χ0) is 12.3. The first-order valence-electron chi connectivity index (χ1n) is 4.81. The Morgan fingerprint density at radius 2 is 2.38 bits per heavy atom. The van der Waals surface area contributed by atoms with Crippen LogP contribution >= 0.6 is 0 Å². The molecule has 0 saturated carbocycles.